The Morgan fingerprint density at radius 2 is 1.58 bits per heavy atom. The average molecular weight is 438 g/mol. The lowest BCUT2D eigenvalue weighted by Gasteiger charge is -2.48. The van der Waals surface area contributed by atoms with Crippen LogP contribution in [0.1, 0.15) is 55.3 Å². The number of anilines is 1. The zero-order valence-electron chi connectivity index (χ0n) is 17.8. The molecule has 0 aromatic heterocycles. The normalized spacial score (nSPS) is 35.5. The van der Waals surface area contributed by atoms with Gasteiger partial charge in [0.15, 0.2) is 0 Å². The van der Waals surface area contributed by atoms with Crippen molar-refractivity contribution in [2.45, 2.75) is 50.2 Å². The van der Waals surface area contributed by atoms with Crippen LogP contribution in [0.4, 0.5) is 5.69 Å². The fourth-order valence-corrected chi connectivity index (χ4v) is 7.02. The summed E-state index contributed by atoms with van der Waals surface area (Å²) in [6, 6.07) is 19.7. The lowest BCUT2D eigenvalue weighted by molar-refractivity contribution is -0.143. The van der Waals surface area contributed by atoms with Crippen LogP contribution in [-0.4, -0.2) is 23.4 Å². The van der Waals surface area contributed by atoms with Gasteiger partial charge in [0.2, 0.25) is 5.91 Å². The number of fused-ring (bicyclic) bond motifs is 6. The average Bonchev–Trinajstić information content (AvgIpc) is 3.25. The van der Waals surface area contributed by atoms with Crippen molar-refractivity contribution in [3.8, 4) is 0 Å². The molecule has 2 aromatic carbocycles. The van der Waals surface area contributed by atoms with Gasteiger partial charge in [-0.15, -0.1) is 12.4 Å². The Hall–Kier alpha value is -2.04. The van der Waals surface area contributed by atoms with E-state index in [1.54, 1.807) is 0 Å². The highest BCUT2D eigenvalue weighted by Gasteiger charge is 2.51. The smallest absolute Gasteiger partial charge is 0.228 e. The molecule has 4 fully saturated rings. The predicted molar refractivity (Wildman–Crippen MR) is 126 cm³/mol. The summed E-state index contributed by atoms with van der Waals surface area (Å²) in [4.78, 5) is 16.1. The fraction of sp³-hybridized carbons (Fsp3) is 0.500. The van der Waals surface area contributed by atoms with E-state index >= 15 is 0 Å². The van der Waals surface area contributed by atoms with Crippen LogP contribution in [0.2, 0.25) is 0 Å². The highest BCUT2D eigenvalue weighted by molar-refractivity contribution is 5.85. The summed E-state index contributed by atoms with van der Waals surface area (Å²) >= 11 is 0. The van der Waals surface area contributed by atoms with Gasteiger partial charge in [-0.05, 0) is 61.1 Å². The molecule has 2 aliphatic heterocycles. The topological polar surface area (TPSA) is 58.4 Å². The third-order valence-corrected chi connectivity index (χ3v) is 8.47. The molecule has 0 spiro atoms. The van der Waals surface area contributed by atoms with E-state index in [-0.39, 0.29) is 36.5 Å². The quantitative estimate of drug-likeness (QED) is 0.700. The minimum absolute atomic E-state index is 0. The van der Waals surface area contributed by atoms with Gasteiger partial charge in [0, 0.05) is 24.2 Å². The van der Waals surface area contributed by atoms with Crippen molar-refractivity contribution in [3.05, 3.63) is 65.7 Å². The molecule has 31 heavy (non-hydrogen) atoms. The predicted octanol–water partition coefficient (Wildman–Crippen LogP) is 4.93. The number of carbonyl (C=O) groups excluding carboxylic acids is 1. The molecule has 3 saturated carbocycles. The zero-order chi connectivity index (χ0) is 20.2. The van der Waals surface area contributed by atoms with Gasteiger partial charge in [-0.3, -0.25) is 4.79 Å². The number of likely N-dealkylation sites (tertiary alicyclic amines) is 1. The summed E-state index contributed by atoms with van der Waals surface area (Å²) in [5.41, 5.74) is 10.4. The summed E-state index contributed by atoms with van der Waals surface area (Å²) in [7, 11) is 0. The van der Waals surface area contributed by atoms with E-state index in [0.29, 0.717) is 23.7 Å². The molecule has 7 rings (SSSR count). The van der Waals surface area contributed by atoms with Gasteiger partial charge < -0.3 is 16.0 Å². The van der Waals surface area contributed by atoms with E-state index in [0.717, 1.165) is 13.0 Å². The lowest BCUT2D eigenvalue weighted by atomic mass is 9.61. The molecule has 2 bridgehead atoms. The lowest BCUT2D eigenvalue weighted by Crippen LogP contribution is -2.56. The molecule has 164 valence electrons. The summed E-state index contributed by atoms with van der Waals surface area (Å²) < 4.78 is 0. The number of carbonyl (C=O) groups is 1. The number of halogens is 1. The summed E-state index contributed by atoms with van der Waals surface area (Å²) in [5, 5.41) is 3.80. The first-order chi connectivity index (χ1) is 14.7. The van der Waals surface area contributed by atoms with E-state index in [9.17, 15) is 4.79 Å². The largest absolute Gasteiger partial charge is 0.378 e. The Morgan fingerprint density at radius 3 is 2.32 bits per heavy atom. The van der Waals surface area contributed by atoms with E-state index in [1.807, 2.05) is 0 Å². The Balaban J connectivity index is 0.00000204. The van der Waals surface area contributed by atoms with Gasteiger partial charge >= 0.3 is 0 Å². The number of rotatable bonds is 2. The molecule has 5 atom stereocenters. The van der Waals surface area contributed by atoms with Gasteiger partial charge in [0.1, 0.15) is 0 Å². The molecule has 3 aliphatic carbocycles. The van der Waals surface area contributed by atoms with Crippen LogP contribution in [0.5, 0.6) is 0 Å². The number of nitrogens with zero attached hydrogens (tertiary/aromatic N) is 1. The first-order valence-electron chi connectivity index (χ1n) is 11.7. The van der Waals surface area contributed by atoms with Gasteiger partial charge in [-0.1, -0.05) is 48.5 Å². The molecular formula is C26H32ClN3O. The minimum Gasteiger partial charge on any atom is -0.378 e. The van der Waals surface area contributed by atoms with Crippen LogP contribution >= 0.6 is 12.4 Å². The minimum atomic E-state index is 0. The van der Waals surface area contributed by atoms with E-state index in [4.69, 9.17) is 5.73 Å². The number of nitrogens with one attached hydrogen (secondary N) is 1. The maximum atomic E-state index is 13.9. The number of benzene rings is 2. The van der Waals surface area contributed by atoms with Crippen molar-refractivity contribution in [3.63, 3.8) is 0 Å². The molecule has 2 aromatic rings. The van der Waals surface area contributed by atoms with Crippen molar-refractivity contribution in [2.24, 2.45) is 29.4 Å². The van der Waals surface area contributed by atoms with E-state index in [2.05, 4.69) is 64.8 Å². The number of hydrogen-bond acceptors (Lipinski definition) is 3. The van der Waals surface area contributed by atoms with Crippen LogP contribution in [0.3, 0.4) is 0 Å². The molecule has 4 nitrogen and oxygen atoms in total. The van der Waals surface area contributed by atoms with Gasteiger partial charge in [0.05, 0.1) is 18.0 Å². The summed E-state index contributed by atoms with van der Waals surface area (Å²) in [6.45, 7) is 0.841. The van der Waals surface area contributed by atoms with Crippen LogP contribution < -0.4 is 11.1 Å². The van der Waals surface area contributed by atoms with Crippen molar-refractivity contribution in [1.29, 1.82) is 0 Å². The Morgan fingerprint density at radius 1 is 0.903 bits per heavy atom. The maximum Gasteiger partial charge on any atom is 0.228 e. The molecule has 3 unspecified atom stereocenters. The molecule has 5 aliphatic rings. The van der Waals surface area contributed by atoms with Crippen molar-refractivity contribution < 1.29 is 4.79 Å². The van der Waals surface area contributed by atoms with Gasteiger partial charge in [-0.25, -0.2) is 0 Å². The molecule has 3 N–H and O–H groups in total. The van der Waals surface area contributed by atoms with E-state index in [1.165, 1.54) is 42.5 Å². The monoisotopic (exact) mass is 437 g/mol. The molecule has 2 heterocycles. The van der Waals surface area contributed by atoms with Crippen molar-refractivity contribution in [2.75, 3.05) is 11.9 Å². The standard InChI is InChI=1S/C26H31N3O.ClH/c27-23-17-12-10-16(11-13-17)22(23)26(30)29-15-14-20-24(18-6-2-1-3-7-18)28-21-9-5-4-8-19(21)25(20)29;/h1-9,16-17,20,22-25,28H,10-15,27H2;1H/t16?,17?,20?,22-,23+,24?,25?;/m0./s1. The van der Waals surface area contributed by atoms with Crippen LogP contribution in [-0.2, 0) is 4.79 Å². The van der Waals surface area contributed by atoms with Crippen molar-refractivity contribution in [1.82, 2.24) is 4.90 Å². The third-order valence-electron chi connectivity index (χ3n) is 8.47. The Bertz CT molecular complexity index is 941. The summed E-state index contributed by atoms with van der Waals surface area (Å²) in [5.74, 6) is 1.77. The number of para-hydroxylation sites is 1. The zero-order valence-corrected chi connectivity index (χ0v) is 18.6. The van der Waals surface area contributed by atoms with E-state index < -0.39 is 0 Å². The van der Waals surface area contributed by atoms with Crippen LogP contribution in [0.15, 0.2) is 54.6 Å². The number of amides is 1. The second-order valence-corrected chi connectivity index (χ2v) is 9.83. The van der Waals surface area contributed by atoms with Gasteiger partial charge in [-0.2, -0.15) is 0 Å². The maximum absolute atomic E-state index is 13.9. The SMILES string of the molecule is Cl.N[C@@H]1C2CCC(CC2)[C@@H]1C(=O)N1CCC2C(c3ccccc3)Nc3ccccc3C21. The summed E-state index contributed by atoms with van der Waals surface area (Å²) in [6.07, 6.45) is 5.82. The third kappa shape index (κ3) is 3.27. The molecule has 5 heteroatoms. The molecule has 1 saturated heterocycles. The van der Waals surface area contributed by atoms with Gasteiger partial charge in [0.25, 0.3) is 0 Å². The highest BCUT2D eigenvalue weighted by atomic mass is 35.5. The second-order valence-electron chi connectivity index (χ2n) is 9.83. The first kappa shape index (κ1) is 20.8. The van der Waals surface area contributed by atoms with Crippen molar-refractivity contribution >= 4 is 24.0 Å². The molecular weight excluding hydrogens is 406 g/mol. The fourth-order valence-electron chi connectivity index (χ4n) is 7.02. The second kappa shape index (κ2) is 8.14. The molecule has 0 radical (unpaired) electrons. The van der Waals surface area contributed by atoms with Crippen LogP contribution in [0, 0.1) is 23.7 Å². The number of nitrogens with two attached hydrogens (primary N) is 1. The highest BCUT2D eigenvalue weighted by Crippen LogP contribution is 2.53. The van der Waals surface area contributed by atoms with Crippen LogP contribution in [0.25, 0.3) is 0 Å². The number of hydrogen-bond donors (Lipinski definition) is 2. The molecule has 1 amide bonds. The Labute approximate surface area is 191 Å². The first-order valence-corrected chi connectivity index (χ1v) is 11.7. The Kier molecular flexibility index (Phi) is 5.47.